The highest BCUT2D eigenvalue weighted by molar-refractivity contribution is 6.60. The van der Waals surface area contributed by atoms with Gasteiger partial charge in [-0.1, -0.05) is 13.8 Å². The van der Waals surface area contributed by atoms with E-state index in [9.17, 15) is 0 Å². The molecule has 5 atom stereocenters. The van der Waals surface area contributed by atoms with Gasteiger partial charge in [0.2, 0.25) is 0 Å². The molecule has 0 amide bonds. The molecule has 17 heavy (non-hydrogen) atoms. The van der Waals surface area contributed by atoms with Crippen LogP contribution in [-0.4, -0.2) is 30.6 Å². The van der Waals surface area contributed by atoms with Gasteiger partial charge in [-0.2, -0.15) is 0 Å². The molecule has 1 heterocycles. The first-order chi connectivity index (χ1) is 7.89. The fraction of sp³-hybridized carbons (Fsp3) is 1.00. The van der Waals surface area contributed by atoms with Crippen LogP contribution in [0.3, 0.4) is 0 Å². The summed E-state index contributed by atoms with van der Waals surface area (Å²) < 4.78 is 12.1. The Balaban J connectivity index is 1.82. The second-order valence-electron chi connectivity index (χ2n) is 6.59. The van der Waals surface area contributed by atoms with E-state index in [-0.39, 0.29) is 24.1 Å². The predicted octanol–water partition coefficient (Wildman–Crippen LogP) is 1.82. The number of hydrogen-bond acceptors (Lipinski definition) is 3. The van der Waals surface area contributed by atoms with Gasteiger partial charge in [-0.3, -0.25) is 0 Å². The topological polar surface area (TPSA) is 44.5 Å². The minimum Gasteiger partial charge on any atom is -0.404 e. The molecule has 0 spiro atoms. The van der Waals surface area contributed by atoms with Crippen molar-refractivity contribution in [2.45, 2.75) is 50.6 Å². The van der Waals surface area contributed by atoms with Crippen molar-refractivity contribution >= 4 is 18.7 Å². The molecule has 2 bridgehead atoms. The smallest absolute Gasteiger partial charge is 0.404 e. The third kappa shape index (κ3) is 1.47. The highest BCUT2D eigenvalue weighted by atomic mass is 35.5. The van der Waals surface area contributed by atoms with Crippen molar-refractivity contribution in [3.05, 3.63) is 0 Å². The summed E-state index contributed by atoms with van der Waals surface area (Å²) in [6, 6.07) is 0. The van der Waals surface area contributed by atoms with Crippen LogP contribution in [0.25, 0.3) is 0 Å². The van der Waals surface area contributed by atoms with Crippen LogP contribution in [0.1, 0.15) is 33.6 Å². The van der Waals surface area contributed by atoms with Gasteiger partial charge in [0.05, 0.1) is 17.0 Å². The first-order valence-electron chi connectivity index (χ1n) is 6.57. The number of halogens is 1. The van der Waals surface area contributed by atoms with E-state index in [1.165, 1.54) is 6.42 Å². The van der Waals surface area contributed by atoms with E-state index in [0.717, 1.165) is 12.3 Å². The van der Waals surface area contributed by atoms with Crippen LogP contribution in [0.5, 0.6) is 0 Å². The summed E-state index contributed by atoms with van der Waals surface area (Å²) in [4.78, 5) is 0. The molecular weight excluding hydrogens is 236 g/mol. The van der Waals surface area contributed by atoms with Crippen LogP contribution in [-0.2, 0) is 9.31 Å². The molecule has 3 aliphatic carbocycles. The van der Waals surface area contributed by atoms with Crippen LogP contribution >= 0.6 is 11.6 Å². The minimum absolute atomic E-state index is 0.161. The molecule has 4 fully saturated rings. The summed E-state index contributed by atoms with van der Waals surface area (Å²) in [5.74, 6) is 1.37. The monoisotopic (exact) mass is 257 g/mol. The van der Waals surface area contributed by atoms with E-state index >= 15 is 0 Å². The van der Waals surface area contributed by atoms with E-state index in [1.807, 2.05) is 0 Å². The number of rotatable bonds is 2. The molecule has 4 rings (SSSR count). The van der Waals surface area contributed by atoms with Crippen molar-refractivity contribution in [1.82, 2.24) is 0 Å². The molecule has 3 nitrogen and oxygen atoms in total. The number of hydrogen-bond donors (Lipinski definition) is 1. The Morgan fingerprint density at radius 1 is 1.41 bits per heavy atom. The number of alkyl halides is 1. The lowest BCUT2D eigenvalue weighted by atomic mass is 9.43. The zero-order chi connectivity index (χ0) is 12.4. The molecular formula is C12H21BClNO2. The summed E-state index contributed by atoms with van der Waals surface area (Å²) in [5.41, 5.74) is 5.81. The van der Waals surface area contributed by atoms with E-state index < -0.39 is 0 Å². The Bertz CT molecular complexity index is 340. The summed E-state index contributed by atoms with van der Waals surface area (Å²) in [5, 5.41) is -0.238. The molecule has 0 aromatic heterocycles. The van der Waals surface area contributed by atoms with E-state index in [0.29, 0.717) is 17.9 Å². The van der Waals surface area contributed by atoms with Crippen molar-refractivity contribution in [3.63, 3.8) is 0 Å². The molecule has 0 aromatic carbocycles. The molecule has 1 aliphatic heterocycles. The van der Waals surface area contributed by atoms with Crippen LogP contribution < -0.4 is 5.73 Å². The van der Waals surface area contributed by atoms with Crippen molar-refractivity contribution in [2.75, 3.05) is 6.54 Å². The van der Waals surface area contributed by atoms with Crippen molar-refractivity contribution in [1.29, 1.82) is 0 Å². The van der Waals surface area contributed by atoms with Gasteiger partial charge in [0.15, 0.2) is 0 Å². The average Bonchev–Trinajstić information content (AvgIpc) is 2.64. The molecule has 0 aromatic rings. The van der Waals surface area contributed by atoms with Crippen molar-refractivity contribution in [2.24, 2.45) is 23.0 Å². The highest BCUT2D eigenvalue weighted by Gasteiger charge is 2.68. The summed E-state index contributed by atoms with van der Waals surface area (Å²) in [6.45, 7) is 7.29. The molecule has 5 heteroatoms. The predicted molar refractivity (Wildman–Crippen MR) is 68.8 cm³/mol. The zero-order valence-electron chi connectivity index (χ0n) is 10.8. The van der Waals surface area contributed by atoms with Crippen LogP contribution in [0.15, 0.2) is 0 Å². The maximum absolute atomic E-state index is 6.16. The van der Waals surface area contributed by atoms with E-state index in [1.54, 1.807) is 0 Å². The molecule has 4 aliphatic rings. The van der Waals surface area contributed by atoms with Gasteiger partial charge in [-0.25, -0.2) is 0 Å². The van der Waals surface area contributed by atoms with E-state index in [4.69, 9.17) is 26.6 Å². The first-order valence-corrected chi connectivity index (χ1v) is 7.00. The molecule has 3 saturated carbocycles. The number of nitrogens with two attached hydrogens (primary N) is 1. The lowest BCUT2D eigenvalue weighted by molar-refractivity contribution is -0.199. The van der Waals surface area contributed by atoms with Crippen LogP contribution in [0, 0.1) is 17.3 Å². The molecule has 2 N–H and O–H groups in total. The fourth-order valence-corrected chi connectivity index (χ4v) is 4.28. The van der Waals surface area contributed by atoms with E-state index in [2.05, 4.69) is 20.8 Å². The zero-order valence-corrected chi connectivity index (χ0v) is 11.5. The van der Waals surface area contributed by atoms with Gasteiger partial charge < -0.3 is 15.0 Å². The van der Waals surface area contributed by atoms with Gasteiger partial charge in [-0.05, 0) is 37.0 Å². The van der Waals surface area contributed by atoms with Gasteiger partial charge in [0.1, 0.15) is 0 Å². The second kappa shape index (κ2) is 3.63. The third-order valence-corrected chi connectivity index (χ3v) is 5.87. The SMILES string of the molecule is CC1(C)C2CC3OB([C@@H](Cl)CN)O[C@]3(C)C1C2. The first kappa shape index (κ1) is 12.3. The molecule has 1 saturated heterocycles. The van der Waals surface area contributed by atoms with Gasteiger partial charge >= 0.3 is 7.12 Å². The van der Waals surface area contributed by atoms with Crippen LogP contribution in [0.4, 0.5) is 0 Å². The van der Waals surface area contributed by atoms with Gasteiger partial charge in [0.25, 0.3) is 0 Å². The Morgan fingerprint density at radius 3 is 2.71 bits per heavy atom. The highest BCUT2D eigenvalue weighted by Crippen LogP contribution is 2.65. The molecule has 3 unspecified atom stereocenters. The van der Waals surface area contributed by atoms with Crippen molar-refractivity contribution in [3.8, 4) is 0 Å². The van der Waals surface area contributed by atoms with Crippen molar-refractivity contribution < 1.29 is 9.31 Å². The Hall–Kier alpha value is 0.235. The lowest BCUT2D eigenvalue weighted by Gasteiger charge is -2.64. The van der Waals surface area contributed by atoms with Gasteiger partial charge in [0, 0.05) is 6.54 Å². The summed E-state index contributed by atoms with van der Waals surface area (Å²) >= 11 is 6.16. The Labute approximate surface area is 108 Å². The minimum atomic E-state index is -0.327. The summed E-state index contributed by atoms with van der Waals surface area (Å²) in [6.07, 6.45) is 2.58. The second-order valence-corrected chi connectivity index (χ2v) is 7.15. The molecule has 96 valence electrons. The largest absolute Gasteiger partial charge is 0.478 e. The standard InChI is InChI=1S/C12H21BClNO2/c1-11(2)7-4-8(11)12(3)9(5-7)16-13(17-12)10(14)6-15/h7-10H,4-6,15H2,1-3H3/t7?,8?,9?,10-,12+/m0/s1. The quantitative estimate of drug-likeness (QED) is 0.606. The third-order valence-electron chi connectivity index (χ3n) is 5.49. The maximum atomic E-state index is 6.16. The fourth-order valence-electron chi connectivity index (χ4n) is 4.16. The Morgan fingerprint density at radius 2 is 2.12 bits per heavy atom. The lowest BCUT2D eigenvalue weighted by Crippen LogP contribution is -2.65. The summed E-state index contributed by atoms with van der Waals surface area (Å²) in [7, 11) is -0.327. The van der Waals surface area contributed by atoms with Crippen LogP contribution in [0.2, 0.25) is 0 Å². The normalized spacial score (nSPS) is 48.5. The molecule has 0 radical (unpaired) electrons. The van der Waals surface area contributed by atoms with Gasteiger partial charge in [-0.15, -0.1) is 11.6 Å². The Kier molecular flexibility index (Phi) is 2.62. The average molecular weight is 258 g/mol. The maximum Gasteiger partial charge on any atom is 0.478 e.